The molecule has 0 atom stereocenters. The van der Waals surface area contributed by atoms with E-state index in [4.69, 9.17) is 0 Å². The van der Waals surface area contributed by atoms with Crippen LogP contribution >= 0.6 is 0 Å². The lowest BCUT2D eigenvalue weighted by atomic mass is 10.1. The first-order chi connectivity index (χ1) is 14.3. The maximum Gasteiger partial charge on any atom is 0.255 e. The van der Waals surface area contributed by atoms with Gasteiger partial charge in [0.1, 0.15) is 11.6 Å². The fraction of sp³-hybridized carbons (Fsp3) is 0.227. The molecule has 0 aliphatic carbocycles. The Morgan fingerprint density at radius 2 is 1.67 bits per heavy atom. The Balaban J connectivity index is 1.54. The quantitative estimate of drug-likeness (QED) is 0.586. The third-order valence-corrected chi connectivity index (χ3v) is 4.58. The van der Waals surface area contributed by atoms with E-state index in [9.17, 15) is 18.4 Å². The van der Waals surface area contributed by atoms with Crippen LogP contribution in [0.4, 0.5) is 8.78 Å². The summed E-state index contributed by atoms with van der Waals surface area (Å²) in [7, 11) is 0. The van der Waals surface area contributed by atoms with Gasteiger partial charge in [0.05, 0.1) is 29.1 Å². The minimum atomic E-state index is -0.389. The summed E-state index contributed by atoms with van der Waals surface area (Å²) in [6.45, 7) is 3.96. The molecule has 2 N–H and O–H groups in total. The van der Waals surface area contributed by atoms with Gasteiger partial charge >= 0.3 is 0 Å². The fourth-order valence-corrected chi connectivity index (χ4v) is 3.17. The Kier molecular flexibility index (Phi) is 6.56. The number of nitrogens with zero attached hydrogens (tertiary/aromatic N) is 2. The second kappa shape index (κ2) is 9.30. The van der Waals surface area contributed by atoms with Gasteiger partial charge in [0.25, 0.3) is 5.91 Å². The minimum Gasteiger partial charge on any atom is -0.354 e. The predicted octanol–water partition coefficient (Wildman–Crippen LogP) is 2.86. The molecule has 0 saturated heterocycles. The number of amides is 2. The summed E-state index contributed by atoms with van der Waals surface area (Å²) in [4.78, 5) is 24.5. The van der Waals surface area contributed by atoms with Crippen LogP contribution < -0.4 is 10.6 Å². The predicted molar refractivity (Wildman–Crippen MR) is 108 cm³/mol. The summed E-state index contributed by atoms with van der Waals surface area (Å²) in [6, 6.07) is 11.7. The highest BCUT2D eigenvalue weighted by Gasteiger charge is 2.19. The molecule has 3 aromatic rings. The van der Waals surface area contributed by atoms with Crippen LogP contribution in [0.15, 0.2) is 48.5 Å². The van der Waals surface area contributed by atoms with Gasteiger partial charge in [-0.05, 0) is 55.8 Å². The molecule has 0 aliphatic heterocycles. The highest BCUT2D eigenvalue weighted by atomic mass is 19.1. The molecule has 1 heterocycles. The third kappa shape index (κ3) is 5.08. The Bertz CT molecular complexity index is 1060. The van der Waals surface area contributed by atoms with Crippen molar-refractivity contribution in [2.75, 3.05) is 13.1 Å². The molecular weight excluding hydrogens is 390 g/mol. The van der Waals surface area contributed by atoms with Crippen molar-refractivity contribution >= 4 is 11.8 Å². The van der Waals surface area contributed by atoms with Crippen LogP contribution in [0, 0.1) is 25.5 Å². The molecule has 8 heteroatoms. The molecule has 0 fully saturated rings. The average molecular weight is 412 g/mol. The van der Waals surface area contributed by atoms with Crippen molar-refractivity contribution in [2.24, 2.45) is 0 Å². The molecule has 2 amide bonds. The van der Waals surface area contributed by atoms with Crippen LogP contribution in [0.25, 0.3) is 5.69 Å². The number of halogens is 2. The van der Waals surface area contributed by atoms with Crippen LogP contribution in [0.1, 0.15) is 27.3 Å². The number of carbonyl (C=O) groups is 2. The molecule has 156 valence electrons. The Labute approximate surface area is 172 Å². The zero-order chi connectivity index (χ0) is 21.7. The smallest absolute Gasteiger partial charge is 0.255 e. The van der Waals surface area contributed by atoms with Gasteiger partial charge in [-0.15, -0.1) is 0 Å². The lowest BCUT2D eigenvalue weighted by Gasteiger charge is -2.08. The molecule has 2 aromatic carbocycles. The number of hydrogen-bond donors (Lipinski definition) is 2. The molecule has 0 bridgehead atoms. The average Bonchev–Trinajstić information content (AvgIpc) is 3.00. The zero-order valence-corrected chi connectivity index (χ0v) is 16.7. The van der Waals surface area contributed by atoms with Gasteiger partial charge in [-0.2, -0.15) is 5.10 Å². The van der Waals surface area contributed by atoms with Crippen molar-refractivity contribution in [3.63, 3.8) is 0 Å². The first-order valence-corrected chi connectivity index (χ1v) is 9.46. The van der Waals surface area contributed by atoms with Gasteiger partial charge in [0.2, 0.25) is 5.91 Å². The third-order valence-electron chi connectivity index (χ3n) is 4.58. The number of hydrogen-bond acceptors (Lipinski definition) is 3. The molecule has 0 aliphatic rings. The van der Waals surface area contributed by atoms with Gasteiger partial charge in [-0.3, -0.25) is 9.59 Å². The number of aryl methyl sites for hydroxylation is 1. The van der Waals surface area contributed by atoms with Crippen LogP contribution in [-0.2, 0) is 11.2 Å². The number of nitrogens with one attached hydrogen (secondary N) is 2. The largest absolute Gasteiger partial charge is 0.354 e. The highest BCUT2D eigenvalue weighted by Crippen LogP contribution is 2.18. The van der Waals surface area contributed by atoms with E-state index in [0.29, 0.717) is 28.2 Å². The van der Waals surface area contributed by atoms with E-state index in [1.54, 1.807) is 42.8 Å². The van der Waals surface area contributed by atoms with Crippen LogP contribution in [0.2, 0.25) is 0 Å². The monoisotopic (exact) mass is 412 g/mol. The molecule has 0 spiro atoms. The van der Waals surface area contributed by atoms with Gasteiger partial charge in [-0.1, -0.05) is 12.1 Å². The van der Waals surface area contributed by atoms with E-state index in [2.05, 4.69) is 15.7 Å². The normalized spacial score (nSPS) is 10.7. The van der Waals surface area contributed by atoms with Crippen molar-refractivity contribution in [1.82, 2.24) is 20.4 Å². The second-order valence-electron chi connectivity index (χ2n) is 6.85. The standard InChI is InChI=1S/C22H22F2N4O2/c1-14-21(15(2)28(27-14)19-8-6-17(23)7-9-19)22(30)26-11-10-25-20(29)13-16-4-3-5-18(24)12-16/h3-9,12H,10-11,13H2,1-2H3,(H,25,29)(H,26,30). The maximum atomic E-state index is 13.2. The number of rotatable bonds is 7. The van der Waals surface area contributed by atoms with Crippen LogP contribution in [0.3, 0.4) is 0 Å². The van der Waals surface area contributed by atoms with E-state index in [-0.39, 0.29) is 43.0 Å². The maximum absolute atomic E-state index is 13.2. The van der Waals surface area contributed by atoms with Crippen LogP contribution in [0.5, 0.6) is 0 Å². The van der Waals surface area contributed by atoms with E-state index in [1.807, 2.05) is 0 Å². The van der Waals surface area contributed by atoms with E-state index in [1.165, 1.54) is 24.3 Å². The Morgan fingerprint density at radius 3 is 2.37 bits per heavy atom. The molecule has 0 unspecified atom stereocenters. The first kappa shape index (κ1) is 21.2. The van der Waals surface area contributed by atoms with Gasteiger partial charge in [-0.25, -0.2) is 13.5 Å². The molecular formula is C22H22F2N4O2. The highest BCUT2D eigenvalue weighted by molar-refractivity contribution is 5.96. The van der Waals surface area contributed by atoms with Crippen LogP contribution in [-0.4, -0.2) is 34.7 Å². The van der Waals surface area contributed by atoms with Crippen molar-refractivity contribution in [2.45, 2.75) is 20.3 Å². The molecule has 6 nitrogen and oxygen atoms in total. The van der Waals surface area contributed by atoms with Gasteiger partial charge in [0.15, 0.2) is 0 Å². The number of aromatic nitrogens is 2. The van der Waals surface area contributed by atoms with E-state index in [0.717, 1.165) is 0 Å². The summed E-state index contributed by atoms with van der Waals surface area (Å²) < 4.78 is 27.9. The molecule has 1 aromatic heterocycles. The minimum absolute atomic E-state index is 0.0639. The van der Waals surface area contributed by atoms with Gasteiger partial charge in [0, 0.05) is 13.1 Å². The van der Waals surface area contributed by atoms with E-state index < -0.39 is 0 Å². The molecule has 0 saturated carbocycles. The summed E-state index contributed by atoms with van der Waals surface area (Å²) in [6.07, 6.45) is 0.0639. The molecule has 0 radical (unpaired) electrons. The summed E-state index contributed by atoms with van der Waals surface area (Å²) in [5, 5.41) is 9.82. The van der Waals surface area contributed by atoms with Gasteiger partial charge < -0.3 is 10.6 Å². The molecule has 30 heavy (non-hydrogen) atoms. The van der Waals surface area contributed by atoms with Crippen molar-refractivity contribution in [3.05, 3.63) is 82.7 Å². The van der Waals surface area contributed by atoms with Crippen molar-refractivity contribution in [1.29, 1.82) is 0 Å². The van der Waals surface area contributed by atoms with Crippen molar-refractivity contribution in [3.8, 4) is 5.69 Å². The number of benzene rings is 2. The summed E-state index contributed by atoms with van der Waals surface area (Å²) in [5.41, 5.74) is 2.85. The topological polar surface area (TPSA) is 76.0 Å². The Hall–Kier alpha value is -3.55. The SMILES string of the molecule is Cc1nn(-c2ccc(F)cc2)c(C)c1C(=O)NCCNC(=O)Cc1cccc(F)c1. The zero-order valence-electron chi connectivity index (χ0n) is 16.7. The first-order valence-electron chi connectivity index (χ1n) is 9.46. The molecule has 3 rings (SSSR count). The fourth-order valence-electron chi connectivity index (χ4n) is 3.17. The lowest BCUT2D eigenvalue weighted by Crippen LogP contribution is -2.35. The van der Waals surface area contributed by atoms with E-state index >= 15 is 0 Å². The summed E-state index contributed by atoms with van der Waals surface area (Å²) in [5.74, 6) is -1.30. The summed E-state index contributed by atoms with van der Waals surface area (Å²) >= 11 is 0. The second-order valence-corrected chi connectivity index (χ2v) is 6.85. The lowest BCUT2D eigenvalue weighted by molar-refractivity contribution is -0.120. The Morgan fingerprint density at radius 1 is 0.967 bits per heavy atom. The van der Waals surface area contributed by atoms with Crippen molar-refractivity contribution < 1.29 is 18.4 Å². The number of carbonyl (C=O) groups excluding carboxylic acids is 2.